The first kappa shape index (κ1) is 17.9. The molecule has 1 aliphatic rings. The van der Waals surface area contributed by atoms with Gasteiger partial charge >= 0.3 is 0 Å². The zero-order valence-corrected chi connectivity index (χ0v) is 14.1. The number of hydrogen-bond donors (Lipinski definition) is 1. The highest BCUT2D eigenvalue weighted by Gasteiger charge is 2.31. The van der Waals surface area contributed by atoms with Crippen LogP contribution in [0.5, 0.6) is 0 Å². The van der Waals surface area contributed by atoms with E-state index in [1.807, 2.05) is 18.2 Å². The molecular formula is C18H28N2O3. The third-order valence-electron chi connectivity index (χ3n) is 4.35. The van der Waals surface area contributed by atoms with Gasteiger partial charge in [-0.2, -0.15) is 0 Å². The smallest absolute Gasteiger partial charge is 0.239 e. The molecule has 1 heterocycles. The summed E-state index contributed by atoms with van der Waals surface area (Å²) in [4.78, 5) is 16.7. The summed E-state index contributed by atoms with van der Waals surface area (Å²) in [6.45, 7) is 2.30. The van der Waals surface area contributed by atoms with Crippen LogP contribution in [0.15, 0.2) is 30.3 Å². The van der Waals surface area contributed by atoms with Crippen LogP contribution in [0, 0.1) is 0 Å². The van der Waals surface area contributed by atoms with Gasteiger partial charge in [0.25, 0.3) is 0 Å². The second kappa shape index (κ2) is 9.01. The van der Waals surface area contributed by atoms with Gasteiger partial charge in [-0.1, -0.05) is 36.8 Å². The van der Waals surface area contributed by atoms with Crippen molar-refractivity contribution in [1.29, 1.82) is 0 Å². The fraction of sp³-hybridized carbons (Fsp3) is 0.611. The Morgan fingerprint density at radius 2 is 2.13 bits per heavy atom. The fourth-order valence-electron chi connectivity index (χ4n) is 3.18. The maximum absolute atomic E-state index is 12.8. The first-order valence-electron chi connectivity index (χ1n) is 8.31. The molecule has 1 fully saturated rings. The number of aliphatic hydroxyl groups is 1. The van der Waals surface area contributed by atoms with E-state index in [1.165, 1.54) is 5.56 Å². The number of benzene rings is 1. The first-order chi connectivity index (χ1) is 11.1. The van der Waals surface area contributed by atoms with Crippen LogP contribution < -0.4 is 0 Å². The summed E-state index contributed by atoms with van der Waals surface area (Å²) >= 11 is 0. The lowest BCUT2D eigenvalue weighted by molar-refractivity contribution is -0.139. The van der Waals surface area contributed by atoms with Gasteiger partial charge in [0, 0.05) is 27.2 Å². The number of ether oxygens (including phenoxy) is 1. The van der Waals surface area contributed by atoms with Gasteiger partial charge in [-0.15, -0.1) is 0 Å². The van der Waals surface area contributed by atoms with Crippen molar-refractivity contribution in [1.82, 2.24) is 9.80 Å². The summed E-state index contributed by atoms with van der Waals surface area (Å²) in [6, 6.07) is 10.2. The maximum atomic E-state index is 12.8. The van der Waals surface area contributed by atoms with Gasteiger partial charge in [-0.05, 0) is 24.9 Å². The van der Waals surface area contributed by atoms with E-state index in [0.717, 1.165) is 32.4 Å². The number of likely N-dealkylation sites (N-methyl/N-ethyl adjacent to an activating group) is 1. The maximum Gasteiger partial charge on any atom is 0.239 e. The minimum absolute atomic E-state index is 0.0933. The number of likely N-dealkylation sites (tertiary alicyclic amines) is 1. The van der Waals surface area contributed by atoms with Gasteiger partial charge < -0.3 is 14.7 Å². The molecule has 0 aliphatic carbocycles. The summed E-state index contributed by atoms with van der Waals surface area (Å²) < 4.78 is 4.93. The van der Waals surface area contributed by atoms with E-state index in [0.29, 0.717) is 6.54 Å². The van der Waals surface area contributed by atoms with Crippen LogP contribution in [-0.2, 0) is 16.1 Å². The molecule has 5 nitrogen and oxygen atoms in total. The van der Waals surface area contributed by atoms with Crippen molar-refractivity contribution in [2.75, 3.05) is 33.9 Å². The number of amides is 1. The SMILES string of the molecule is COCC(O)CN(C)C(=O)C1CCCCN1Cc1ccccc1. The third kappa shape index (κ3) is 5.30. The lowest BCUT2D eigenvalue weighted by Gasteiger charge is -2.37. The van der Waals surface area contributed by atoms with Crippen molar-refractivity contribution in [3.63, 3.8) is 0 Å². The molecule has 1 N–H and O–H groups in total. The number of carbonyl (C=O) groups excluding carboxylic acids is 1. The lowest BCUT2D eigenvalue weighted by Crippen LogP contribution is -2.51. The molecule has 0 radical (unpaired) electrons. The van der Waals surface area contributed by atoms with Crippen molar-refractivity contribution in [2.45, 2.75) is 38.0 Å². The fourth-order valence-corrected chi connectivity index (χ4v) is 3.18. The van der Waals surface area contributed by atoms with Crippen LogP contribution in [-0.4, -0.2) is 66.8 Å². The molecule has 5 heteroatoms. The minimum atomic E-state index is -0.639. The number of nitrogens with zero attached hydrogens (tertiary/aromatic N) is 2. The van der Waals surface area contributed by atoms with Crippen molar-refractivity contribution in [3.05, 3.63) is 35.9 Å². The molecule has 1 aliphatic heterocycles. The van der Waals surface area contributed by atoms with Crippen LogP contribution in [0.25, 0.3) is 0 Å². The number of aliphatic hydroxyl groups excluding tert-OH is 1. The van der Waals surface area contributed by atoms with Crippen molar-refractivity contribution in [2.24, 2.45) is 0 Å². The molecular weight excluding hydrogens is 292 g/mol. The van der Waals surface area contributed by atoms with Crippen LogP contribution >= 0.6 is 0 Å². The number of rotatable bonds is 7. The second-order valence-corrected chi connectivity index (χ2v) is 6.30. The summed E-state index contributed by atoms with van der Waals surface area (Å²) in [5.41, 5.74) is 1.23. The van der Waals surface area contributed by atoms with Gasteiger partial charge in [-0.3, -0.25) is 9.69 Å². The largest absolute Gasteiger partial charge is 0.389 e. The highest BCUT2D eigenvalue weighted by Crippen LogP contribution is 2.21. The predicted molar refractivity (Wildman–Crippen MR) is 90.0 cm³/mol. The highest BCUT2D eigenvalue weighted by molar-refractivity contribution is 5.81. The van der Waals surface area contributed by atoms with Crippen LogP contribution in [0.3, 0.4) is 0 Å². The Labute approximate surface area is 138 Å². The minimum Gasteiger partial charge on any atom is -0.389 e. The molecule has 0 bridgehead atoms. The zero-order chi connectivity index (χ0) is 16.7. The van der Waals surface area contributed by atoms with E-state index < -0.39 is 6.10 Å². The Morgan fingerprint density at radius 3 is 2.83 bits per heavy atom. The number of hydrogen-bond acceptors (Lipinski definition) is 4. The normalized spacial score (nSPS) is 20.2. The molecule has 1 aromatic rings. The van der Waals surface area contributed by atoms with Gasteiger partial charge in [0.05, 0.1) is 18.8 Å². The van der Waals surface area contributed by atoms with Gasteiger partial charge in [0.15, 0.2) is 0 Å². The van der Waals surface area contributed by atoms with Crippen molar-refractivity contribution >= 4 is 5.91 Å². The highest BCUT2D eigenvalue weighted by atomic mass is 16.5. The van der Waals surface area contributed by atoms with E-state index in [4.69, 9.17) is 4.74 Å². The van der Waals surface area contributed by atoms with Gasteiger partial charge in [0.1, 0.15) is 0 Å². The Bertz CT molecular complexity index is 480. The molecule has 1 amide bonds. The van der Waals surface area contributed by atoms with Crippen molar-refractivity contribution < 1.29 is 14.6 Å². The molecule has 0 aromatic heterocycles. The molecule has 23 heavy (non-hydrogen) atoms. The number of piperidine rings is 1. The van der Waals surface area contributed by atoms with Crippen molar-refractivity contribution in [3.8, 4) is 0 Å². The topological polar surface area (TPSA) is 53.0 Å². The van der Waals surface area contributed by atoms with Crippen LogP contribution in [0.4, 0.5) is 0 Å². The summed E-state index contributed by atoms with van der Waals surface area (Å²) in [5.74, 6) is 0.0933. The Hall–Kier alpha value is -1.43. The summed E-state index contributed by atoms with van der Waals surface area (Å²) in [6.07, 6.45) is 2.46. The summed E-state index contributed by atoms with van der Waals surface area (Å²) in [5, 5.41) is 9.84. The quantitative estimate of drug-likeness (QED) is 0.827. The molecule has 2 unspecified atom stereocenters. The van der Waals surface area contributed by atoms with E-state index in [9.17, 15) is 9.90 Å². The Morgan fingerprint density at radius 1 is 1.39 bits per heavy atom. The average molecular weight is 320 g/mol. The van der Waals surface area contributed by atoms with Crippen LogP contribution in [0.1, 0.15) is 24.8 Å². The first-order valence-corrected chi connectivity index (χ1v) is 8.31. The standard InChI is InChI=1S/C18H28N2O3/c1-19(13-16(21)14-23-2)18(22)17-10-6-7-11-20(17)12-15-8-4-3-5-9-15/h3-5,8-9,16-17,21H,6-7,10-14H2,1-2H3. The van der Waals surface area contributed by atoms with E-state index in [-0.39, 0.29) is 18.6 Å². The Balaban J connectivity index is 1.98. The molecule has 128 valence electrons. The van der Waals surface area contributed by atoms with Crippen LogP contribution in [0.2, 0.25) is 0 Å². The Kier molecular flexibility index (Phi) is 7.02. The molecule has 2 atom stereocenters. The molecule has 1 aromatic carbocycles. The molecule has 0 saturated carbocycles. The number of methoxy groups -OCH3 is 1. The number of carbonyl (C=O) groups is 1. The average Bonchev–Trinajstić information content (AvgIpc) is 2.56. The second-order valence-electron chi connectivity index (χ2n) is 6.30. The monoisotopic (exact) mass is 320 g/mol. The van der Waals surface area contributed by atoms with E-state index in [1.54, 1.807) is 19.1 Å². The van der Waals surface area contributed by atoms with Gasteiger partial charge in [-0.25, -0.2) is 0 Å². The predicted octanol–water partition coefficient (Wildman–Crippen LogP) is 1.51. The molecule has 1 saturated heterocycles. The van der Waals surface area contributed by atoms with E-state index in [2.05, 4.69) is 17.0 Å². The molecule has 0 spiro atoms. The molecule has 2 rings (SSSR count). The third-order valence-corrected chi connectivity index (χ3v) is 4.35. The van der Waals surface area contributed by atoms with Gasteiger partial charge in [0.2, 0.25) is 5.91 Å². The zero-order valence-electron chi connectivity index (χ0n) is 14.1. The van der Waals surface area contributed by atoms with E-state index >= 15 is 0 Å². The summed E-state index contributed by atoms with van der Waals surface area (Å²) in [7, 11) is 3.31. The lowest BCUT2D eigenvalue weighted by atomic mass is 10.00.